The Morgan fingerprint density at radius 1 is 1.31 bits per heavy atom. The van der Waals surface area contributed by atoms with E-state index < -0.39 is 5.60 Å². The summed E-state index contributed by atoms with van der Waals surface area (Å²) in [6.45, 7) is 8.97. The average Bonchev–Trinajstić information content (AvgIpc) is 3.23. The smallest absolute Gasteiger partial charge is 0.317 e. The van der Waals surface area contributed by atoms with Crippen LogP contribution in [0.15, 0.2) is 28.7 Å². The number of likely N-dealkylation sites (tertiary alicyclic amines) is 1. The molecule has 0 radical (unpaired) electrons. The predicted octanol–water partition coefficient (Wildman–Crippen LogP) is 4.67. The van der Waals surface area contributed by atoms with Crippen LogP contribution in [-0.2, 0) is 16.8 Å². The van der Waals surface area contributed by atoms with Gasteiger partial charge < -0.3 is 29.8 Å². The maximum absolute atomic E-state index is 13.0. The van der Waals surface area contributed by atoms with Gasteiger partial charge in [0.25, 0.3) is 0 Å². The van der Waals surface area contributed by atoms with E-state index >= 15 is 0 Å². The standard InChI is InChI=1S/C28H45N3O4/c1-20(2)16-24-17-22-10-8-12-25(26(22)35-24)28(33,13-6-7-15-34-5)23-11-9-14-31(19-23)27(32)30-21(3)18-29-4/h8,10,12,17,20-21,23,29,33H,6-7,9,11,13-16,18-19H2,1-5H3,(H,30,32)/t21-,23+,28-/m0/s1. The lowest BCUT2D eigenvalue weighted by atomic mass is 9.73. The number of carbonyl (C=O) groups excluding carboxylic acids is 1. The van der Waals surface area contributed by atoms with Crippen molar-refractivity contribution >= 4 is 17.0 Å². The number of hydrogen-bond donors (Lipinski definition) is 3. The molecule has 196 valence electrons. The zero-order chi connectivity index (χ0) is 25.4. The van der Waals surface area contributed by atoms with Crippen molar-refractivity contribution in [2.75, 3.05) is 40.4 Å². The quantitative estimate of drug-likeness (QED) is 0.379. The molecule has 0 unspecified atom stereocenters. The summed E-state index contributed by atoms with van der Waals surface area (Å²) in [5.41, 5.74) is 0.537. The molecule has 7 nitrogen and oxygen atoms in total. The van der Waals surface area contributed by atoms with Crippen molar-refractivity contribution < 1.29 is 19.1 Å². The molecule has 3 N–H and O–H groups in total. The molecule has 1 aliphatic rings. The maximum atomic E-state index is 13.0. The van der Waals surface area contributed by atoms with Gasteiger partial charge in [0.2, 0.25) is 0 Å². The summed E-state index contributed by atoms with van der Waals surface area (Å²) in [4.78, 5) is 14.8. The summed E-state index contributed by atoms with van der Waals surface area (Å²) in [5.74, 6) is 1.36. The fourth-order valence-electron chi connectivity index (χ4n) is 5.37. The third kappa shape index (κ3) is 6.99. The van der Waals surface area contributed by atoms with E-state index in [1.165, 1.54) is 0 Å². The number of amides is 2. The lowest BCUT2D eigenvalue weighted by molar-refractivity contribution is -0.0558. The number of nitrogens with zero attached hydrogens (tertiary/aromatic N) is 1. The Balaban J connectivity index is 1.90. The van der Waals surface area contributed by atoms with Gasteiger partial charge in [0, 0.05) is 62.7 Å². The summed E-state index contributed by atoms with van der Waals surface area (Å²) in [6, 6.07) is 8.16. The van der Waals surface area contributed by atoms with Crippen molar-refractivity contribution in [3.8, 4) is 0 Å². The summed E-state index contributed by atoms with van der Waals surface area (Å²) < 4.78 is 11.6. The van der Waals surface area contributed by atoms with Crippen LogP contribution in [0, 0.1) is 11.8 Å². The Morgan fingerprint density at radius 2 is 2.11 bits per heavy atom. The van der Waals surface area contributed by atoms with E-state index in [2.05, 4.69) is 36.6 Å². The number of aliphatic hydroxyl groups is 1. The SMILES string of the molecule is CNC[C@H](C)NC(=O)N1CCC[C@@H]([C@@](O)(CCCCOC)c2cccc3cc(CC(C)C)oc23)C1. The van der Waals surface area contributed by atoms with Crippen molar-refractivity contribution in [3.63, 3.8) is 0 Å². The summed E-state index contributed by atoms with van der Waals surface area (Å²) >= 11 is 0. The van der Waals surface area contributed by atoms with Crippen molar-refractivity contribution in [1.29, 1.82) is 0 Å². The monoisotopic (exact) mass is 487 g/mol. The fraction of sp³-hybridized carbons (Fsp3) is 0.679. The van der Waals surface area contributed by atoms with Gasteiger partial charge in [0.05, 0.1) is 5.60 Å². The van der Waals surface area contributed by atoms with Crippen LogP contribution in [0.5, 0.6) is 0 Å². The molecular formula is C28H45N3O4. The Hall–Kier alpha value is -2.09. The number of unbranched alkanes of at least 4 members (excludes halogenated alkanes) is 1. The van der Waals surface area contributed by atoms with Gasteiger partial charge in [-0.25, -0.2) is 4.79 Å². The molecule has 35 heavy (non-hydrogen) atoms. The van der Waals surface area contributed by atoms with Crippen LogP contribution in [0.25, 0.3) is 11.0 Å². The number of furan rings is 1. The molecule has 0 bridgehead atoms. The first-order valence-electron chi connectivity index (χ1n) is 13.2. The zero-order valence-corrected chi connectivity index (χ0v) is 22.2. The molecule has 1 aromatic heterocycles. The molecule has 2 aromatic rings. The molecule has 3 rings (SSSR count). The number of carbonyl (C=O) groups is 1. The van der Waals surface area contributed by atoms with Crippen LogP contribution in [0.2, 0.25) is 0 Å². The number of methoxy groups -OCH3 is 1. The highest BCUT2D eigenvalue weighted by molar-refractivity contribution is 5.82. The molecular weight excluding hydrogens is 442 g/mol. The van der Waals surface area contributed by atoms with E-state index in [0.717, 1.165) is 54.4 Å². The summed E-state index contributed by atoms with van der Waals surface area (Å²) in [6.07, 6.45) is 4.92. The number of hydrogen-bond acceptors (Lipinski definition) is 5. The van der Waals surface area contributed by atoms with Gasteiger partial charge in [0.1, 0.15) is 11.3 Å². The van der Waals surface area contributed by atoms with Gasteiger partial charge in [-0.1, -0.05) is 32.0 Å². The number of likely N-dealkylation sites (N-methyl/N-ethyl adjacent to an activating group) is 1. The number of ether oxygens (including phenoxy) is 1. The number of nitrogens with one attached hydrogen (secondary N) is 2. The van der Waals surface area contributed by atoms with Crippen LogP contribution in [0.3, 0.4) is 0 Å². The third-order valence-electron chi connectivity index (χ3n) is 7.09. The first-order valence-corrected chi connectivity index (χ1v) is 13.2. The van der Waals surface area contributed by atoms with E-state index in [0.29, 0.717) is 38.6 Å². The molecule has 0 aliphatic carbocycles. The fourth-order valence-corrected chi connectivity index (χ4v) is 5.37. The molecule has 1 aromatic carbocycles. The predicted molar refractivity (Wildman–Crippen MR) is 141 cm³/mol. The van der Waals surface area contributed by atoms with Gasteiger partial charge in [-0.2, -0.15) is 0 Å². The molecule has 1 aliphatic heterocycles. The lowest BCUT2D eigenvalue weighted by Gasteiger charge is -2.43. The van der Waals surface area contributed by atoms with Crippen LogP contribution >= 0.6 is 0 Å². The number of urea groups is 1. The van der Waals surface area contributed by atoms with E-state index in [1.807, 2.05) is 31.0 Å². The maximum Gasteiger partial charge on any atom is 0.317 e. The number of piperidine rings is 1. The number of rotatable bonds is 12. The average molecular weight is 488 g/mol. The minimum atomic E-state index is -1.09. The van der Waals surface area contributed by atoms with E-state index in [-0.39, 0.29) is 18.0 Å². The normalized spacial score (nSPS) is 19.2. The second kappa shape index (κ2) is 12.7. The molecule has 1 saturated heterocycles. The van der Waals surface area contributed by atoms with Gasteiger partial charge in [-0.15, -0.1) is 0 Å². The topological polar surface area (TPSA) is 87.0 Å². The third-order valence-corrected chi connectivity index (χ3v) is 7.09. The van der Waals surface area contributed by atoms with Crippen molar-refractivity contribution in [3.05, 3.63) is 35.6 Å². The zero-order valence-electron chi connectivity index (χ0n) is 22.2. The Labute approximate surface area is 210 Å². The highest BCUT2D eigenvalue weighted by Gasteiger charge is 2.43. The van der Waals surface area contributed by atoms with Crippen LogP contribution < -0.4 is 10.6 Å². The molecule has 1 fully saturated rings. The largest absolute Gasteiger partial charge is 0.461 e. The first kappa shape index (κ1) is 27.5. The first-order chi connectivity index (χ1) is 16.8. The Kier molecular flexibility index (Phi) is 10.0. The van der Waals surface area contributed by atoms with Crippen LogP contribution in [-0.4, -0.2) is 62.5 Å². The highest BCUT2D eigenvalue weighted by Crippen LogP contribution is 2.43. The van der Waals surface area contributed by atoms with E-state index in [9.17, 15) is 9.90 Å². The second-order valence-corrected chi connectivity index (χ2v) is 10.6. The van der Waals surface area contributed by atoms with Crippen LogP contribution in [0.1, 0.15) is 64.2 Å². The van der Waals surface area contributed by atoms with Gasteiger partial charge >= 0.3 is 6.03 Å². The molecule has 2 amide bonds. The van der Waals surface area contributed by atoms with Gasteiger partial charge in [-0.05, 0) is 58.1 Å². The molecule has 0 saturated carbocycles. The minimum Gasteiger partial charge on any atom is -0.461 e. The number of fused-ring (bicyclic) bond motifs is 1. The molecule has 2 heterocycles. The minimum absolute atomic E-state index is 0.0389. The highest BCUT2D eigenvalue weighted by atomic mass is 16.5. The van der Waals surface area contributed by atoms with Crippen molar-refractivity contribution in [2.24, 2.45) is 11.8 Å². The number of para-hydroxylation sites is 1. The van der Waals surface area contributed by atoms with E-state index in [1.54, 1.807) is 7.11 Å². The van der Waals surface area contributed by atoms with Crippen LogP contribution in [0.4, 0.5) is 4.79 Å². The van der Waals surface area contributed by atoms with Gasteiger partial charge in [-0.3, -0.25) is 0 Å². The lowest BCUT2D eigenvalue weighted by Crippen LogP contribution is -2.53. The number of benzene rings is 1. The van der Waals surface area contributed by atoms with Crippen molar-refractivity contribution in [1.82, 2.24) is 15.5 Å². The second-order valence-electron chi connectivity index (χ2n) is 10.6. The molecule has 0 spiro atoms. The summed E-state index contributed by atoms with van der Waals surface area (Å²) in [7, 11) is 3.59. The van der Waals surface area contributed by atoms with E-state index in [4.69, 9.17) is 9.15 Å². The van der Waals surface area contributed by atoms with Crippen molar-refractivity contribution in [2.45, 2.75) is 70.9 Å². The molecule has 7 heteroatoms. The molecule has 3 atom stereocenters. The summed E-state index contributed by atoms with van der Waals surface area (Å²) in [5, 5.41) is 19.6. The van der Waals surface area contributed by atoms with Gasteiger partial charge in [0.15, 0.2) is 0 Å². The Morgan fingerprint density at radius 3 is 2.83 bits per heavy atom. The Bertz CT molecular complexity index is 943.